The standard InChI is InChI=1S/C18H30N4O2S/c1-2-15-13-25-17(20-15)5-7-19-18(24)22-9-8-21(11-14-3-4-14)16(12-22)6-10-23/h13-14,16,23H,2-12H2,1H3,(H,19,24)/t16-/m1/s1. The average Bonchev–Trinajstić information content (AvgIpc) is 3.32. The molecule has 0 aromatic carbocycles. The number of hydrogen-bond acceptors (Lipinski definition) is 5. The summed E-state index contributed by atoms with van der Waals surface area (Å²) >= 11 is 1.67. The van der Waals surface area contributed by atoms with Crippen LogP contribution in [0, 0.1) is 5.92 Å². The minimum Gasteiger partial charge on any atom is -0.396 e. The van der Waals surface area contributed by atoms with Crippen LogP contribution in [0.15, 0.2) is 5.38 Å². The molecule has 1 aliphatic heterocycles. The monoisotopic (exact) mass is 366 g/mol. The van der Waals surface area contributed by atoms with E-state index in [9.17, 15) is 9.90 Å². The lowest BCUT2D eigenvalue weighted by Crippen LogP contribution is -2.57. The van der Waals surface area contributed by atoms with Gasteiger partial charge >= 0.3 is 6.03 Å². The summed E-state index contributed by atoms with van der Waals surface area (Å²) in [5, 5.41) is 15.6. The Morgan fingerprint density at radius 3 is 2.96 bits per heavy atom. The number of aromatic nitrogens is 1. The molecule has 6 nitrogen and oxygen atoms in total. The molecule has 2 aliphatic rings. The van der Waals surface area contributed by atoms with Crippen molar-refractivity contribution in [2.45, 2.75) is 45.1 Å². The van der Waals surface area contributed by atoms with Crippen LogP contribution < -0.4 is 5.32 Å². The highest BCUT2D eigenvalue weighted by atomic mass is 32.1. The number of thiazole rings is 1. The van der Waals surface area contributed by atoms with E-state index >= 15 is 0 Å². The van der Waals surface area contributed by atoms with E-state index in [2.05, 4.69) is 27.5 Å². The van der Waals surface area contributed by atoms with Crippen molar-refractivity contribution in [2.24, 2.45) is 5.92 Å². The number of piperazine rings is 1. The van der Waals surface area contributed by atoms with E-state index in [0.29, 0.717) is 6.54 Å². The fourth-order valence-corrected chi connectivity index (χ4v) is 4.27. The Bertz CT molecular complexity index is 561. The fraction of sp³-hybridized carbons (Fsp3) is 0.778. The van der Waals surface area contributed by atoms with Gasteiger partial charge < -0.3 is 15.3 Å². The van der Waals surface area contributed by atoms with Crippen LogP contribution in [-0.4, -0.2) is 71.3 Å². The molecular weight excluding hydrogens is 336 g/mol. The Kier molecular flexibility index (Phi) is 6.67. The summed E-state index contributed by atoms with van der Waals surface area (Å²) in [6.07, 6.45) is 5.17. The Morgan fingerprint density at radius 2 is 2.28 bits per heavy atom. The van der Waals surface area contributed by atoms with E-state index in [0.717, 1.165) is 62.1 Å². The number of aliphatic hydroxyl groups is 1. The van der Waals surface area contributed by atoms with Crippen molar-refractivity contribution in [3.63, 3.8) is 0 Å². The summed E-state index contributed by atoms with van der Waals surface area (Å²) in [6.45, 7) is 6.46. The third kappa shape index (κ3) is 5.39. The van der Waals surface area contributed by atoms with Crippen LogP contribution in [-0.2, 0) is 12.8 Å². The molecule has 1 atom stereocenters. The summed E-state index contributed by atoms with van der Waals surface area (Å²) in [7, 11) is 0. The van der Waals surface area contributed by atoms with Gasteiger partial charge in [-0.25, -0.2) is 9.78 Å². The third-order valence-corrected chi connectivity index (χ3v) is 6.08. The molecule has 1 aliphatic carbocycles. The second kappa shape index (κ2) is 8.96. The zero-order chi connectivity index (χ0) is 17.6. The van der Waals surface area contributed by atoms with Crippen molar-refractivity contribution in [1.29, 1.82) is 0 Å². The molecule has 1 aromatic heterocycles. The number of nitrogens with one attached hydrogen (secondary N) is 1. The molecule has 0 radical (unpaired) electrons. The lowest BCUT2D eigenvalue weighted by atomic mass is 10.1. The van der Waals surface area contributed by atoms with Crippen LogP contribution in [0.3, 0.4) is 0 Å². The van der Waals surface area contributed by atoms with Crippen LogP contribution in [0.1, 0.15) is 36.9 Å². The highest BCUT2D eigenvalue weighted by Gasteiger charge is 2.33. The number of amides is 2. The van der Waals surface area contributed by atoms with Crippen LogP contribution >= 0.6 is 11.3 Å². The summed E-state index contributed by atoms with van der Waals surface area (Å²) in [4.78, 5) is 21.4. The minimum atomic E-state index is 0.0151. The van der Waals surface area contributed by atoms with Gasteiger partial charge in [0.25, 0.3) is 0 Å². The molecule has 1 aromatic rings. The maximum absolute atomic E-state index is 12.5. The molecule has 3 rings (SSSR count). The quantitative estimate of drug-likeness (QED) is 0.735. The normalized spacial score (nSPS) is 21.5. The van der Waals surface area contributed by atoms with E-state index in [4.69, 9.17) is 0 Å². The lowest BCUT2D eigenvalue weighted by molar-refractivity contribution is 0.0704. The first-order valence-electron chi connectivity index (χ1n) is 9.50. The zero-order valence-corrected chi connectivity index (χ0v) is 15.9. The average molecular weight is 367 g/mol. The molecule has 2 fully saturated rings. The second-order valence-corrected chi connectivity index (χ2v) is 8.06. The molecule has 2 heterocycles. The highest BCUT2D eigenvalue weighted by Crippen LogP contribution is 2.31. The molecule has 7 heteroatoms. The van der Waals surface area contributed by atoms with Gasteiger partial charge in [-0.1, -0.05) is 6.92 Å². The molecule has 2 amide bonds. The van der Waals surface area contributed by atoms with E-state index in [1.165, 1.54) is 12.8 Å². The second-order valence-electron chi connectivity index (χ2n) is 7.12. The van der Waals surface area contributed by atoms with E-state index < -0.39 is 0 Å². The van der Waals surface area contributed by atoms with Gasteiger partial charge in [-0.15, -0.1) is 11.3 Å². The summed E-state index contributed by atoms with van der Waals surface area (Å²) in [5.41, 5.74) is 1.13. The van der Waals surface area contributed by atoms with Gasteiger partial charge in [0.2, 0.25) is 0 Å². The van der Waals surface area contributed by atoms with E-state index in [-0.39, 0.29) is 18.7 Å². The predicted molar refractivity (Wildman–Crippen MR) is 100.0 cm³/mol. The fourth-order valence-electron chi connectivity index (χ4n) is 3.39. The highest BCUT2D eigenvalue weighted by molar-refractivity contribution is 7.09. The van der Waals surface area contributed by atoms with Crippen molar-refractivity contribution < 1.29 is 9.90 Å². The molecule has 0 spiro atoms. The van der Waals surface area contributed by atoms with E-state index in [1.54, 1.807) is 11.3 Å². The number of rotatable bonds is 8. The van der Waals surface area contributed by atoms with Crippen LogP contribution in [0.5, 0.6) is 0 Å². The van der Waals surface area contributed by atoms with Gasteiger partial charge in [-0.05, 0) is 31.6 Å². The van der Waals surface area contributed by atoms with Crippen LogP contribution in [0.4, 0.5) is 4.79 Å². The van der Waals surface area contributed by atoms with Gasteiger partial charge in [-0.3, -0.25) is 4.90 Å². The summed E-state index contributed by atoms with van der Waals surface area (Å²) in [6, 6.07) is 0.303. The Hall–Kier alpha value is -1.18. The van der Waals surface area contributed by atoms with Crippen molar-refractivity contribution in [3.8, 4) is 0 Å². The smallest absolute Gasteiger partial charge is 0.317 e. The third-order valence-electron chi connectivity index (χ3n) is 5.12. The van der Waals surface area contributed by atoms with E-state index in [1.807, 2.05) is 4.90 Å². The van der Waals surface area contributed by atoms with Gasteiger partial charge in [-0.2, -0.15) is 0 Å². The van der Waals surface area contributed by atoms with Crippen molar-refractivity contribution >= 4 is 17.4 Å². The maximum Gasteiger partial charge on any atom is 0.317 e. The number of aryl methyl sites for hydroxylation is 1. The Labute approximate surface area is 154 Å². The number of nitrogens with zero attached hydrogens (tertiary/aromatic N) is 3. The van der Waals surface area contributed by atoms with Gasteiger partial charge in [0.1, 0.15) is 0 Å². The molecule has 0 bridgehead atoms. The predicted octanol–water partition coefficient (Wildman–Crippen LogP) is 1.74. The molecule has 140 valence electrons. The number of carbonyl (C=O) groups is 1. The number of carbonyl (C=O) groups excluding carboxylic acids is 1. The first-order chi connectivity index (χ1) is 12.2. The van der Waals surface area contributed by atoms with Crippen molar-refractivity contribution in [2.75, 3.05) is 39.3 Å². The first kappa shape index (κ1) is 18.6. The van der Waals surface area contributed by atoms with Gasteiger partial charge in [0.15, 0.2) is 0 Å². The molecule has 1 saturated carbocycles. The summed E-state index contributed by atoms with van der Waals surface area (Å²) < 4.78 is 0. The molecule has 0 unspecified atom stereocenters. The topological polar surface area (TPSA) is 68.7 Å². The molecule has 25 heavy (non-hydrogen) atoms. The lowest BCUT2D eigenvalue weighted by Gasteiger charge is -2.41. The number of aliphatic hydroxyl groups excluding tert-OH is 1. The van der Waals surface area contributed by atoms with Crippen LogP contribution in [0.25, 0.3) is 0 Å². The Morgan fingerprint density at radius 1 is 1.44 bits per heavy atom. The van der Waals surface area contributed by atoms with Crippen LogP contribution in [0.2, 0.25) is 0 Å². The minimum absolute atomic E-state index is 0.0151. The van der Waals surface area contributed by atoms with Gasteiger partial charge in [0, 0.05) is 57.2 Å². The SMILES string of the molecule is CCc1csc(CCNC(=O)N2CCN(CC3CC3)[C@H](CCO)C2)n1. The molecule has 1 saturated heterocycles. The van der Waals surface area contributed by atoms with Crippen molar-refractivity contribution in [3.05, 3.63) is 16.1 Å². The summed E-state index contributed by atoms with van der Waals surface area (Å²) in [5.74, 6) is 0.841. The largest absolute Gasteiger partial charge is 0.396 e. The Balaban J connectivity index is 1.43. The number of urea groups is 1. The van der Waals surface area contributed by atoms with Crippen molar-refractivity contribution in [1.82, 2.24) is 20.1 Å². The maximum atomic E-state index is 12.5. The molecular formula is C18H30N4O2S. The first-order valence-corrected chi connectivity index (χ1v) is 10.4. The number of hydrogen-bond donors (Lipinski definition) is 2. The van der Waals surface area contributed by atoms with Gasteiger partial charge in [0.05, 0.1) is 10.7 Å². The molecule has 2 N–H and O–H groups in total. The zero-order valence-electron chi connectivity index (χ0n) is 15.1.